The van der Waals surface area contributed by atoms with Crippen LogP contribution in [0.4, 0.5) is 4.39 Å². The fraction of sp³-hybridized carbons (Fsp3) is 0.818. The van der Waals surface area contributed by atoms with Crippen molar-refractivity contribution in [1.29, 1.82) is 0 Å². The Morgan fingerprint density at radius 3 is 2.07 bits per heavy atom. The Labute approximate surface area is 91.7 Å². The van der Waals surface area contributed by atoms with E-state index < -0.39 is 6.67 Å². The minimum atomic E-state index is -0.534. The molecule has 0 saturated heterocycles. The Hall–Kier alpha value is -0.930. The van der Waals surface area contributed by atoms with Gasteiger partial charge in [-0.3, -0.25) is 4.68 Å². The molecular formula is C11H22FN3. The number of rotatable bonds is 5. The van der Waals surface area contributed by atoms with E-state index in [1.165, 1.54) is 36.8 Å². The Kier molecular flexibility index (Phi) is 9.02. The van der Waals surface area contributed by atoms with Gasteiger partial charge in [0, 0.05) is 7.05 Å². The zero-order valence-electron chi connectivity index (χ0n) is 10.0. The standard InChI is InChI=1S/C7H16.C4H6FN3/c1-3-5-7-6-4-2;1-8-3-4(2-5)6-7-8/h3-7H2,1-2H3;3H,2H2,1H3. The van der Waals surface area contributed by atoms with Crippen LogP contribution in [-0.4, -0.2) is 15.0 Å². The second-order valence-electron chi connectivity index (χ2n) is 3.58. The summed E-state index contributed by atoms with van der Waals surface area (Å²) in [6, 6.07) is 0. The lowest BCUT2D eigenvalue weighted by molar-refractivity contribution is 0.475. The van der Waals surface area contributed by atoms with Crippen LogP contribution in [0.25, 0.3) is 0 Å². The first kappa shape index (κ1) is 14.1. The van der Waals surface area contributed by atoms with Crippen molar-refractivity contribution in [3.8, 4) is 0 Å². The normalized spacial score (nSPS) is 9.60. The lowest BCUT2D eigenvalue weighted by Crippen LogP contribution is -1.85. The van der Waals surface area contributed by atoms with Crippen molar-refractivity contribution in [2.45, 2.75) is 52.6 Å². The summed E-state index contributed by atoms with van der Waals surface area (Å²) in [7, 11) is 1.70. The van der Waals surface area contributed by atoms with Crippen molar-refractivity contribution in [2.24, 2.45) is 7.05 Å². The number of aromatic nitrogens is 3. The summed E-state index contributed by atoms with van der Waals surface area (Å²) in [5.41, 5.74) is 0.382. The van der Waals surface area contributed by atoms with Gasteiger partial charge in [0.05, 0.1) is 6.20 Å². The molecule has 1 rings (SSSR count). The predicted molar refractivity (Wildman–Crippen MR) is 60.2 cm³/mol. The fourth-order valence-corrected chi connectivity index (χ4v) is 1.13. The summed E-state index contributed by atoms with van der Waals surface area (Å²) < 4.78 is 13.1. The molecule has 1 aromatic rings. The summed E-state index contributed by atoms with van der Waals surface area (Å²) >= 11 is 0. The maximum Gasteiger partial charge on any atom is 0.135 e. The van der Waals surface area contributed by atoms with Gasteiger partial charge in [-0.1, -0.05) is 51.2 Å². The number of aryl methyl sites for hydroxylation is 1. The minimum Gasteiger partial charge on any atom is -0.255 e. The van der Waals surface area contributed by atoms with Crippen LogP contribution >= 0.6 is 0 Å². The summed E-state index contributed by atoms with van der Waals surface area (Å²) in [4.78, 5) is 0. The Bertz CT molecular complexity index is 231. The molecule has 1 heterocycles. The van der Waals surface area contributed by atoms with E-state index in [2.05, 4.69) is 24.2 Å². The number of hydrogen-bond donors (Lipinski definition) is 0. The molecule has 0 bridgehead atoms. The monoisotopic (exact) mass is 215 g/mol. The Morgan fingerprint density at radius 2 is 1.80 bits per heavy atom. The van der Waals surface area contributed by atoms with E-state index in [1.54, 1.807) is 13.2 Å². The number of alkyl halides is 1. The highest BCUT2D eigenvalue weighted by Gasteiger charge is 1.92. The molecule has 0 aromatic carbocycles. The Morgan fingerprint density at radius 1 is 1.20 bits per heavy atom. The summed E-state index contributed by atoms with van der Waals surface area (Å²) in [6.07, 6.45) is 8.55. The van der Waals surface area contributed by atoms with Gasteiger partial charge in [0.1, 0.15) is 12.4 Å². The van der Waals surface area contributed by atoms with Crippen LogP contribution in [0.5, 0.6) is 0 Å². The average molecular weight is 215 g/mol. The second kappa shape index (κ2) is 9.62. The third-order valence-electron chi connectivity index (χ3n) is 1.99. The van der Waals surface area contributed by atoms with Crippen LogP contribution in [0.15, 0.2) is 6.20 Å². The molecule has 0 amide bonds. The highest BCUT2D eigenvalue weighted by Crippen LogP contribution is 2.00. The number of unbranched alkanes of at least 4 members (excludes halogenated alkanes) is 4. The predicted octanol–water partition coefficient (Wildman–Crippen LogP) is 3.26. The summed E-state index contributed by atoms with van der Waals surface area (Å²) in [5, 5.41) is 6.99. The third-order valence-corrected chi connectivity index (χ3v) is 1.99. The quantitative estimate of drug-likeness (QED) is 0.706. The van der Waals surface area contributed by atoms with Crippen molar-refractivity contribution in [1.82, 2.24) is 15.0 Å². The molecule has 0 radical (unpaired) electrons. The van der Waals surface area contributed by atoms with Gasteiger partial charge in [-0.05, 0) is 0 Å². The molecule has 0 aliphatic heterocycles. The zero-order valence-corrected chi connectivity index (χ0v) is 10.0. The van der Waals surface area contributed by atoms with Crippen molar-refractivity contribution >= 4 is 0 Å². The lowest BCUT2D eigenvalue weighted by Gasteiger charge is -1.90. The van der Waals surface area contributed by atoms with E-state index in [9.17, 15) is 4.39 Å². The van der Waals surface area contributed by atoms with E-state index in [1.807, 2.05) is 0 Å². The van der Waals surface area contributed by atoms with E-state index in [4.69, 9.17) is 0 Å². The van der Waals surface area contributed by atoms with Gasteiger partial charge in [0.25, 0.3) is 0 Å². The van der Waals surface area contributed by atoms with E-state index in [-0.39, 0.29) is 0 Å². The van der Waals surface area contributed by atoms with Crippen LogP contribution in [0.2, 0.25) is 0 Å². The zero-order chi connectivity index (χ0) is 11.5. The van der Waals surface area contributed by atoms with E-state index >= 15 is 0 Å². The van der Waals surface area contributed by atoms with Crippen molar-refractivity contribution < 1.29 is 4.39 Å². The van der Waals surface area contributed by atoms with Gasteiger partial charge in [-0.15, -0.1) is 5.10 Å². The first-order chi connectivity index (χ1) is 7.24. The highest BCUT2D eigenvalue weighted by molar-refractivity contribution is 4.87. The molecule has 0 aliphatic carbocycles. The largest absolute Gasteiger partial charge is 0.255 e. The molecule has 4 heteroatoms. The van der Waals surface area contributed by atoms with Crippen LogP contribution in [0.1, 0.15) is 51.6 Å². The van der Waals surface area contributed by atoms with Crippen LogP contribution in [0, 0.1) is 0 Å². The van der Waals surface area contributed by atoms with Gasteiger partial charge >= 0.3 is 0 Å². The lowest BCUT2D eigenvalue weighted by atomic mass is 10.2. The molecule has 88 valence electrons. The van der Waals surface area contributed by atoms with Gasteiger partial charge in [-0.25, -0.2) is 4.39 Å². The van der Waals surface area contributed by atoms with Crippen LogP contribution in [0.3, 0.4) is 0 Å². The van der Waals surface area contributed by atoms with Crippen molar-refractivity contribution in [3.05, 3.63) is 11.9 Å². The maximum absolute atomic E-state index is 11.6. The maximum atomic E-state index is 11.6. The van der Waals surface area contributed by atoms with Crippen molar-refractivity contribution in [3.63, 3.8) is 0 Å². The highest BCUT2D eigenvalue weighted by atomic mass is 19.1. The number of nitrogens with zero attached hydrogens (tertiary/aromatic N) is 3. The van der Waals surface area contributed by atoms with Crippen LogP contribution in [-0.2, 0) is 13.7 Å². The summed E-state index contributed by atoms with van der Waals surface area (Å²) in [5.74, 6) is 0. The molecule has 0 fully saturated rings. The molecule has 15 heavy (non-hydrogen) atoms. The molecule has 0 N–H and O–H groups in total. The SMILES string of the molecule is CCCCCCC.Cn1cc(CF)nn1. The minimum absolute atomic E-state index is 0.382. The average Bonchev–Trinajstić information content (AvgIpc) is 2.66. The molecule has 0 aliphatic rings. The molecule has 0 spiro atoms. The van der Waals surface area contributed by atoms with Crippen molar-refractivity contribution in [2.75, 3.05) is 0 Å². The van der Waals surface area contributed by atoms with E-state index in [0.29, 0.717) is 5.69 Å². The topological polar surface area (TPSA) is 30.7 Å². The van der Waals surface area contributed by atoms with Gasteiger partial charge in [-0.2, -0.15) is 0 Å². The number of hydrogen-bond acceptors (Lipinski definition) is 2. The van der Waals surface area contributed by atoms with Gasteiger partial charge in [0.15, 0.2) is 0 Å². The van der Waals surface area contributed by atoms with E-state index in [0.717, 1.165) is 0 Å². The smallest absolute Gasteiger partial charge is 0.135 e. The summed E-state index contributed by atoms with van der Waals surface area (Å²) in [6.45, 7) is 3.96. The first-order valence-corrected chi connectivity index (χ1v) is 5.65. The Balaban J connectivity index is 0.000000265. The first-order valence-electron chi connectivity index (χ1n) is 5.65. The fourth-order valence-electron chi connectivity index (χ4n) is 1.13. The third kappa shape index (κ3) is 8.09. The number of halogens is 1. The molecule has 0 atom stereocenters. The molecule has 0 unspecified atom stereocenters. The van der Waals surface area contributed by atoms with Gasteiger partial charge in [0.2, 0.25) is 0 Å². The molecule has 3 nitrogen and oxygen atoms in total. The molecule has 0 saturated carbocycles. The van der Waals surface area contributed by atoms with Crippen LogP contribution < -0.4 is 0 Å². The second-order valence-corrected chi connectivity index (χ2v) is 3.58. The molecular weight excluding hydrogens is 193 g/mol. The molecule has 1 aromatic heterocycles. The van der Waals surface area contributed by atoms with Gasteiger partial charge < -0.3 is 0 Å².